The second-order valence-corrected chi connectivity index (χ2v) is 9.22. The van der Waals surface area contributed by atoms with Gasteiger partial charge in [0.25, 0.3) is 0 Å². The van der Waals surface area contributed by atoms with Gasteiger partial charge in [0.15, 0.2) is 0 Å². The normalized spacial score (nSPS) is 33.4. The number of nitrogens with one attached hydrogen (secondary N) is 1. The number of carbonyl (C=O) groups excluding carboxylic acids is 1. The van der Waals surface area contributed by atoms with Crippen LogP contribution < -0.4 is 10.2 Å². The van der Waals surface area contributed by atoms with E-state index in [2.05, 4.69) is 40.5 Å². The minimum atomic E-state index is -0.0464. The number of pyridine rings is 1. The number of nitrogens with zero attached hydrogens (tertiary/aromatic N) is 2. The van der Waals surface area contributed by atoms with E-state index in [1.165, 1.54) is 23.6 Å². The van der Waals surface area contributed by atoms with Gasteiger partial charge in [0, 0.05) is 49.5 Å². The van der Waals surface area contributed by atoms with Crippen LogP contribution in [-0.2, 0) is 9.53 Å². The first-order chi connectivity index (χ1) is 13.7. The summed E-state index contributed by atoms with van der Waals surface area (Å²) in [6, 6.07) is 10.6. The molecule has 1 amide bonds. The maximum Gasteiger partial charge on any atom is 0.220 e. The van der Waals surface area contributed by atoms with Crippen LogP contribution in [0.2, 0.25) is 0 Å². The Morgan fingerprint density at radius 3 is 3.04 bits per heavy atom. The average Bonchev–Trinajstić information content (AvgIpc) is 3.20. The summed E-state index contributed by atoms with van der Waals surface area (Å²) >= 11 is 0. The number of benzene rings is 1. The molecule has 0 unspecified atom stereocenters. The molecule has 4 atom stereocenters. The molecule has 2 aromatic rings. The molecular formula is C23H27N3O2. The lowest BCUT2D eigenvalue weighted by atomic mass is 9.73. The first kappa shape index (κ1) is 16.8. The van der Waals surface area contributed by atoms with Gasteiger partial charge < -0.3 is 15.0 Å². The molecule has 28 heavy (non-hydrogen) atoms. The lowest BCUT2D eigenvalue weighted by molar-refractivity contribution is -0.121. The number of fused-ring (bicyclic) bond motifs is 2. The molecule has 1 spiro atoms. The number of hydrogen-bond acceptors (Lipinski definition) is 4. The quantitative estimate of drug-likeness (QED) is 0.870. The van der Waals surface area contributed by atoms with Crippen molar-refractivity contribution >= 4 is 22.5 Å². The molecule has 0 radical (unpaired) electrons. The summed E-state index contributed by atoms with van der Waals surface area (Å²) in [5.74, 6) is 2.85. The summed E-state index contributed by atoms with van der Waals surface area (Å²) in [6.07, 6.45) is 7.64. The highest BCUT2D eigenvalue weighted by Crippen LogP contribution is 2.55. The number of aromatic nitrogens is 1. The van der Waals surface area contributed by atoms with Crippen molar-refractivity contribution in [2.45, 2.75) is 43.8 Å². The summed E-state index contributed by atoms with van der Waals surface area (Å²) in [4.78, 5) is 19.4. The van der Waals surface area contributed by atoms with Crippen LogP contribution in [0, 0.1) is 17.8 Å². The molecule has 4 aliphatic rings. The first-order valence-electron chi connectivity index (χ1n) is 10.8. The van der Waals surface area contributed by atoms with E-state index in [-0.39, 0.29) is 11.5 Å². The van der Waals surface area contributed by atoms with Crippen molar-refractivity contribution < 1.29 is 9.53 Å². The van der Waals surface area contributed by atoms with Crippen LogP contribution in [0.25, 0.3) is 10.8 Å². The first-order valence-corrected chi connectivity index (χ1v) is 10.8. The van der Waals surface area contributed by atoms with E-state index >= 15 is 0 Å². The Hall–Kier alpha value is -2.14. The zero-order valence-electron chi connectivity index (χ0n) is 16.1. The van der Waals surface area contributed by atoms with Crippen molar-refractivity contribution in [2.24, 2.45) is 17.8 Å². The van der Waals surface area contributed by atoms with Crippen LogP contribution >= 0.6 is 0 Å². The molecule has 3 saturated heterocycles. The molecule has 1 N–H and O–H groups in total. The summed E-state index contributed by atoms with van der Waals surface area (Å²) < 4.78 is 6.57. The molecule has 1 aliphatic carbocycles. The summed E-state index contributed by atoms with van der Waals surface area (Å²) in [5.41, 5.74) is -0.0464. The lowest BCUT2D eigenvalue weighted by Crippen LogP contribution is -2.41. The molecule has 3 aliphatic heterocycles. The molecule has 4 fully saturated rings. The number of anilines is 1. The summed E-state index contributed by atoms with van der Waals surface area (Å²) in [7, 11) is 0. The molecule has 5 heteroatoms. The summed E-state index contributed by atoms with van der Waals surface area (Å²) in [6.45, 7) is 2.65. The summed E-state index contributed by atoms with van der Waals surface area (Å²) in [5, 5.41) is 5.67. The Bertz CT molecular complexity index is 922. The Morgan fingerprint density at radius 1 is 1.25 bits per heavy atom. The number of ether oxygens (including phenoxy) is 1. The fraction of sp³-hybridized carbons (Fsp3) is 0.565. The zero-order valence-corrected chi connectivity index (χ0v) is 16.1. The monoisotopic (exact) mass is 377 g/mol. The minimum Gasteiger partial charge on any atom is -0.369 e. The van der Waals surface area contributed by atoms with Gasteiger partial charge >= 0.3 is 0 Å². The third kappa shape index (κ3) is 2.63. The number of rotatable bonds is 5. The van der Waals surface area contributed by atoms with Crippen LogP contribution in [0.15, 0.2) is 36.5 Å². The Labute approximate surface area is 165 Å². The second kappa shape index (κ2) is 6.18. The number of hydrogen-bond donors (Lipinski definition) is 1. The van der Waals surface area contributed by atoms with Gasteiger partial charge in [-0.15, -0.1) is 0 Å². The van der Waals surface area contributed by atoms with Crippen LogP contribution in [0.3, 0.4) is 0 Å². The van der Waals surface area contributed by atoms with Gasteiger partial charge in [-0.3, -0.25) is 4.79 Å². The highest BCUT2D eigenvalue weighted by atomic mass is 16.5. The fourth-order valence-electron chi connectivity index (χ4n) is 5.87. The van der Waals surface area contributed by atoms with Gasteiger partial charge in [-0.2, -0.15) is 0 Å². The molecule has 1 aromatic heterocycles. The highest BCUT2D eigenvalue weighted by Gasteiger charge is 2.63. The van der Waals surface area contributed by atoms with Crippen molar-refractivity contribution in [2.75, 3.05) is 24.5 Å². The zero-order chi connectivity index (χ0) is 18.7. The van der Waals surface area contributed by atoms with E-state index < -0.39 is 0 Å². The molecule has 5 nitrogen and oxygen atoms in total. The molecule has 6 rings (SSSR count). The molecule has 2 bridgehead atoms. The van der Waals surface area contributed by atoms with Gasteiger partial charge in [-0.25, -0.2) is 4.98 Å². The van der Waals surface area contributed by atoms with Gasteiger partial charge in [-0.05, 0) is 43.1 Å². The van der Waals surface area contributed by atoms with Crippen molar-refractivity contribution in [3.05, 3.63) is 36.5 Å². The topological polar surface area (TPSA) is 54.5 Å². The van der Waals surface area contributed by atoms with Crippen molar-refractivity contribution in [1.29, 1.82) is 0 Å². The Morgan fingerprint density at radius 2 is 2.14 bits per heavy atom. The van der Waals surface area contributed by atoms with Crippen molar-refractivity contribution in [3.63, 3.8) is 0 Å². The maximum absolute atomic E-state index is 12.2. The van der Waals surface area contributed by atoms with E-state index in [4.69, 9.17) is 9.72 Å². The third-order valence-corrected chi connectivity index (χ3v) is 7.44. The Kier molecular flexibility index (Phi) is 3.70. The highest BCUT2D eigenvalue weighted by molar-refractivity contribution is 5.92. The molecule has 1 saturated carbocycles. The number of amides is 1. The largest absolute Gasteiger partial charge is 0.369 e. The van der Waals surface area contributed by atoms with Gasteiger partial charge in [-0.1, -0.05) is 24.3 Å². The van der Waals surface area contributed by atoms with E-state index in [0.29, 0.717) is 30.3 Å². The van der Waals surface area contributed by atoms with E-state index in [1.807, 2.05) is 6.20 Å². The standard InChI is InChI=1S/C23H27N3O2/c27-21(11-15-5-6-15)25-12-18-19-13-26(14-23(19)9-7-20(18)28-23)22-17-4-2-1-3-16(17)8-10-24-22/h1-4,8,10,15,18-20H,5-7,9,11-14H2,(H,25,27)/t18-,19+,20+,23+/m0/s1. The fourth-order valence-corrected chi connectivity index (χ4v) is 5.87. The van der Waals surface area contributed by atoms with Crippen molar-refractivity contribution in [3.8, 4) is 0 Å². The van der Waals surface area contributed by atoms with E-state index in [0.717, 1.165) is 38.3 Å². The molecule has 1 aromatic carbocycles. The Balaban J connectivity index is 1.22. The van der Waals surface area contributed by atoms with E-state index in [1.54, 1.807) is 0 Å². The van der Waals surface area contributed by atoms with Crippen LogP contribution in [0.4, 0.5) is 5.82 Å². The molecular weight excluding hydrogens is 350 g/mol. The lowest BCUT2D eigenvalue weighted by Gasteiger charge is -2.29. The maximum atomic E-state index is 12.2. The van der Waals surface area contributed by atoms with Crippen LogP contribution in [-0.4, -0.2) is 42.2 Å². The van der Waals surface area contributed by atoms with Crippen molar-refractivity contribution in [1.82, 2.24) is 10.3 Å². The second-order valence-electron chi connectivity index (χ2n) is 9.22. The molecule has 146 valence electrons. The predicted octanol–water partition coefficient (Wildman–Crippen LogP) is 3.13. The average molecular weight is 377 g/mol. The minimum absolute atomic E-state index is 0.0464. The van der Waals surface area contributed by atoms with Gasteiger partial charge in [0.1, 0.15) is 5.82 Å². The third-order valence-electron chi connectivity index (χ3n) is 7.44. The predicted molar refractivity (Wildman–Crippen MR) is 108 cm³/mol. The van der Waals surface area contributed by atoms with Crippen LogP contribution in [0.5, 0.6) is 0 Å². The number of carbonyl (C=O) groups is 1. The van der Waals surface area contributed by atoms with E-state index in [9.17, 15) is 4.79 Å². The van der Waals surface area contributed by atoms with Gasteiger partial charge in [0.05, 0.1) is 11.7 Å². The van der Waals surface area contributed by atoms with Crippen LogP contribution in [0.1, 0.15) is 32.1 Å². The van der Waals surface area contributed by atoms with Gasteiger partial charge in [0.2, 0.25) is 5.91 Å². The SMILES string of the molecule is O=C(CC1CC1)NC[C@H]1[C@H]2CN(c3nccc4ccccc34)C[C@]23CC[C@H]1O3. The smallest absolute Gasteiger partial charge is 0.220 e. The molecule has 4 heterocycles.